The number of aliphatic carboxylic acids is 1. The molecule has 1 aromatic carbocycles. The second-order valence-electron chi connectivity index (χ2n) is 5.71. The molecule has 24 heavy (non-hydrogen) atoms. The predicted octanol–water partition coefficient (Wildman–Crippen LogP) is 0.454. The Kier molecular flexibility index (Phi) is 4.08. The molecule has 0 amide bonds. The molecule has 3 atom stereocenters. The Bertz CT molecular complexity index is 895. The monoisotopic (exact) mass is 325 g/mol. The molecule has 6 heteroatoms. The van der Waals surface area contributed by atoms with E-state index in [1.165, 1.54) is 0 Å². The number of carbonyl (C=O) groups is 1. The molecule has 0 radical (unpaired) electrons. The Morgan fingerprint density at radius 3 is 2.75 bits per heavy atom. The van der Waals surface area contributed by atoms with E-state index in [9.17, 15) is 20.1 Å². The molecule has 0 aliphatic heterocycles. The number of hydrogen-bond acceptors (Lipinski definition) is 5. The maximum atomic E-state index is 11.1. The zero-order valence-corrected chi connectivity index (χ0v) is 12.5. The van der Waals surface area contributed by atoms with Gasteiger partial charge in [-0.3, -0.25) is 4.98 Å². The van der Waals surface area contributed by atoms with Crippen molar-refractivity contribution in [1.82, 2.24) is 4.98 Å². The molecule has 0 fully saturated rings. The molecule has 122 valence electrons. The van der Waals surface area contributed by atoms with Crippen molar-refractivity contribution >= 4 is 16.9 Å². The number of rotatable bonds is 1. The van der Waals surface area contributed by atoms with E-state index >= 15 is 0 Å². The molecule has 0 unspecified atom stereocenters. The molecule has 0 spiro atoms. The average Bonchev–Trinajstić information content (AvgIpc) is 2.56. The molecule has 2 aromatic rings. The minimum Gasteiger partial charge on any atom is -0.479 e. The summed E-state index contributed by atoms with van der Waals surface area (Å²) in [7, 11) is 0. The molecule has 0 bridgehead atoms. The third-order valence-electron chi connectivity index (χ3n) is 3.91. The Balaban J connectivity index is 1.97. The van der Waals surface area contributed by atoms with E-state index in [4.69, 9.17) is 5.11 Å². The second kappa shape index (κ2) is 6.06. The van der Waals surface area contributed by atoms with Gasteiger partial charge < -0.3 is 20.4 Å². The molecular weight excluding hydrogens is 310 g/mol. The maximum Gasteiger partial charge on any atom is 0.339 e. The quantitative estimate of drug-likeness (QED) is 0.567. The first-order chi connectivity index (χ1) is 11.4. The lowest BCUT2D eigenvalue weighted by Gasteiger charge is -2.31. The summed E-state index contributed by atoms with van der Waals surface area (Å²) in [5.41, 5.74) is -0.896. The Hall–Kier alpha value is -2.72. The topological polar surface area (TPSA) is 111 Å². The first-order valence-corrected chi connectivity index (χ1v) is 7.30. The van der Waals surface area contributed by atoms with Crippen molar-refractivity contribution in [3.63, 3.8) is 0 Å². The fourth-order valence-corrected chi connectivity index (χ4v) is 2.58. The summed E-state index contributed by atoms with van der Waals surface area (Å²) < 4.78 is 0. The molecule has 3 rings (SSSR count). The number of aliphatic hydroxyl groups is 3. The van der Waals surface area contributed by atoms with E-state index < -0.39 is 30.2 Å². The van der Waals surface area contributed by atoms with Crippen LogP contribution in [0.4, 0.5) is 0 Å². The van der Waals surface area contributed by atoms with Gasteiger partial charge in [0.25, 0.3) is 0 Å². The summed E-state index contributed by atoms with van der Waals surface area (Å²) in [6, 6.07) is 9.30. The largest absolute Gasteiger partial charge is 0.479 e. The van der Waals surface area contributed by atoms with Crippen LogP contribution in [0.3, 0.4) is 0 Å². The highest BCUT2D eigenvalue weighted by Gasteiger charge is 2.43. The van der Waals surface area contributed by atoms with Gasteiger partial charge >= 0.3 is 5.97 Å². The molecule has 1 aromatic heterocycles. The van der Waals surface area contributed by atoms with Crippen LogP contribution in [0.5, 0.6) is 0 Å². The highest BCUT2D eigenvalue weighted by atomic mass is 16.4. The second-order valence-corrected chi connectivity index (χ2v) is 5.71. The van der Waals surface area contributed by atoms with Crippen LogP contribution in [0.15, 0.2) is 48.2 Å². The lowest BCUT2D eigenvalue weighted by atomic mass is 9.83. The Morgan fingerprint density at radius 2 is 2.00 bits per heavy atom. The van der Waals surface area contributed by atoms with Crippen molar-refractivity contribution in [2.75, 3.05) is 0 Å². The summed E-state index contributed by atoms with van der Waals surface area (Å²) in [5.74, 6) is 3.91. The fourth-order valence-electron chi connectivity index (χ4n) is 2.58. The van der Waals surface area contributed by atoms with Crippen LogP contribution in [0.1, 0.15) is 12.0 Å². The third kappa shape index (κ3) is 3.01. The van der Waals surface area contributed by atoms with Crippen LogP contribution >= 0.6 is 0 Å². The number of pyridine rings is 1. The third-order valence-corrected chi connectivity index (χ3v) is 3.91. The zero-order chi connectivity index (χ0) is 17.3. The number of para-hydroxylation sites is 1. The number of benzene rings is 1. The van der Waals surface area contributed by atoms with Gasteiger partial charge in [-0.2, -0.15) is 0 Å². The van der Waals surface area contributed by atoms with Crippen molar-refractivity contribution in [3.8, 4) is 11.8 Å². The van der Waals surface area contributed by atoms with Gasteiger partial charge in [-0.1, -0.05) is 30.0 Å². The number of aliphatic hydroxyl groups excluding tert-OH is 2. The first kappa shape index (κ1) is 16.1. The summed E-state index contributed by atoms with van der Waals surface area (Å²) in [6.45, 7) is 0. The average molecular weight is 325 g/mol. The van der Waals surface area contributed by atoms with Gasteiger partial charge in [0.2, 0.25) is 0 Å². The van der Waals surface area contributed by atoms with Crippen molar-refractivity contribution in [1.29, 1.82) is 0 Å². The highest BCUT2D eigenvalue weighted by Crippen LogP contribution is 2.27. The molecule has 4 N–H and O–H groups in total. The molecule has 6 nitrogen and oxygen atoms in total. The summed E-state index contributed by atoms with van der Waals surface area (Å²) >= 11 is 0. The van der Waals surface area contributed by atoms with Crippen molar-refractivity contribution in [2.45, 2.75) is 24.2 Å². The van der Waals surface area contributed by atoms with Crippen LogP contribution in [0.2, 0.25) is 0 Å². The van der Waals surface area contributed by atoms with Crippen LogP contribution in [0, 0.1) is 11.8 Å². The maximum absolute atomic E-state index is 11.1. The number of carboxylic acids is 1. The van der Waals surface area contributed by atoms with Gasteiger partial charge in [0.05, 0.1) is 11.6 Å². The van der Waals surface area contributed by atoms with E-state index in [0.29, 0.717) is 5.56 Å². The molecule has 0 saturated carbocycles. The molecular formula is C18H15NO5. The van der Waals surface area contributed by atoms with Crippen LogP contribution < -0.4 is 0 Å². The normalized spacial score (nSPS) is 26.4. The standard InChI is InChI=1S/C18H15NO5/c20-15-9-18(24,17(22)23)8-13(16(15)21)6-5-11-7-12-3-1-2-4-14(12)19-10-11/h1-4,7-8,10,15-16,20-21,24H,9H2,(H,22,23)/t15-,16-,18+/m1/s1. The lowest BCUT2D eigenvalue weighted by molar-refractivity contribution is -0.158. The molecule has 1 aliphatic rings. The first-order valence-electron chi connectivity index (χ1n) is 7.30. The van der Waals surface area contributed by atoms with Crippen LogP contribution in [-0.4, -0.2) is 49.2 Å². The van der Waals surface area contributed by atoms with Crippen molar-refractivity contribution in [3.05, 3.63) is 53.7 Å². The number of nitrogens with zero attached hydrogens (tertiary/aromatic N) is 1. The van der Waals surface area contributed by atoms with Crippen LogP contribution in [-0.2, 0) is 4.79 Å². The number of fused-ring (bicyclic) bond motifs is 1. The number of carboxylic acid groups (broad SMARTS) is 1. The van der Waals surface area contributed by atoms with E-state index in [0.717, 1.165) is 17.0 Å². The Morgan fingerprint density at radius 1 is 1.25 bits per heavy atom. The van der Waals surface area contributed by atoms with Gasteiger partial charge in [-0.25, -0.2) is 4.79 Å². The summed E-state index contributed by atoms with van der Waals surface area (Å²) in [5, 5.41) is 39.7. The van der Waals surface area contributed by atoms with E-state index in [1.54, 1.807) is 6.20 Å². The predicted molar refractivity (Wildman–Crippen MR) is 85.9 cm³/mol. The summed E-state index contributed by atoms with van der Waals surface area (Å²) in [4.78, 5) is 15.4. The van der Waals surface area contributed by atoms with Gasteiger partial charge in [-0.15, -0.1) is 0 Å². The fraction of sp³-hybridized carbons (Fsp3) is 0.222. The molecule has 1 heterocycles. The smallest absolute Gasteiger partial charge is 0.339 e. The minimum absolute atomic E-state index is 0.0354. The van der Waals surface area contributed by atoms with E-state index in [-0.39, 0.29) is 5.57 Å². The SMILES string of the molecule is O=C(O)[C@]1(O)C=C(C#Cc2cnc3ccccc3c2)[C@@H](O)[C@H](O)C1. The minimum atomic E-state index is -2.25. The summed E-state index contributed by atoms with van der Waals surface area (Å²) in [6.07, 6.45) is -0.702. The highest BCUT2D eigenvalue weighted by molar-refractivity contribution is 5.81. The molecule has 0 saturated heterocycles. The van der Waals surface area contributed by atoms with Crippen molar-refractivity contribution < 1.29 is 25.2 Å². The van der Waals surface area contributed by atoms with Gasteiger partial charge in [0, 0.05) is 29.1 Å². The van der Waals surface area contributed by atoms with E-state index in [2.05, 4.69) is 16.8 Å². The lowest BCUT2D eigenvalue weighted by Crippen LogP contribution is -2.47. The van der Waals surface area contributed by atoms with E-state index in [1.807, 2.05) is 30.3 Å². The zero-order valence-electron chi connectivity index (χ0n) is 12.5. The Labute approximate surface area is 137 Å². The van der Waals surface area contributed by atoms with Gasteiger partial charge in [0.15, 0.2) is 5.60 Å². The van der Waals surface area contributed by atoms with Crippen molar-refractivity contribution in [2.24, 2.45) is 0 Å². The van der Waals surface area contributed by atoms with Gasteiger partial charge in [-0.05, 0) is 18.2 Å². The molecule has 1 aliphatic carbocycles. The van der Waals surface area contributed by atoms with Crippen LogP contribution in [0.25, 0.3) is 10.9 Å². The number of hydrogen-bond donors (Lipinski definition) is 4. The van der Waals surface area contributed by atoms with Gasteiger partial charge in [0.1, 0.15) is 6.10 Å². The number of aromatic nitrogens is 1.